The van der Waals surface area contributed by atoms with Gasteiger partial charge in [0.2, 0.25) is 5.91 Å². The first-order valence-corrected chi connectivity index (χ1v) is 10.6. The summed E-state index contributed by atoms with van der Waals surface area (Å²) in [5.41, 5.74) is 4.37. The molecule has 0 aliphatic heterocycles. The highest BCUT2D eigenvalue weighted by molar-refractivity contribution is 5.86. The topological polar surface area (TPSA) is 131 Å². The lowest BCUT2D eigenvalue weighted by Gasteiger charge is -2.14. The fraction of sp³-hybridized carbons (Fsp3) is 0.250. The molecule has 0 fully saturated rings. The number of ether oxygens (including phenoxy) is 1. The molecule has 3 N–H and O–H groups in total. The van der Waals surface area contributed by atoms with E-state index in [1.807, 2.05) is 24.3 Å². The Balaban J connectivity index is 1.18. The van der Waals surface area contributed by atoms with E-state index in [2.05, 4.69) is 39.9 Å². The first-order valence-electron chi connectivity index (χ1n) is 10.6. The lowest BCUT2D eigenvalue weighted by Crippen LogP contribution is -2.29. The molecule has 1 aliphatic carbocycles. The Morgan fingerprint density at radius 1 is 1.00 bits per heavy atom. The number of aromatic carboxylic acids is 1. The van der Waals surface area contributed by atoms with Crippen molar-refractivity contribution >= 4 is 18.0 Å². The van der Waals surface area contributed by atoms with Gasteiger partial charge in [0.05, 0.1) is 6.54 Å². The van der Waals surface area contributed by atoms with Gasteiger partial charge in [0.1, 0.15) is 6.61 Å². The molecule has 170 valence electrons. The van der Waals surface area contributed by atoms with E-state index in [-0.39, 0.29) is 49.4 Å². The van der Waals surface area contributed by atoms with Crippen LogP contribution in [0, 0.1) is 0 Å². The number of carbonyl (C=O) groups excluding carboxylic acids is 2. The van der Waals surface area contributed by atoms with Crippen LogP contribution in [-0.4, -0.2) is 41.2 Å². The third-order valence-electron chi connectivity index (χ3n) is 5.48. The van der Waals surface area contributed by atoms with Crippen LogP contribution in [0.2, 0.25) is 0 Å². The standard InChI is InChI=1S/C24H23N3O6/c28-21(26-12-20-22(23(29)30)27-14-33-20)10-5-11-25-24(31)32-13-19-17-8-3-1-6-15(17)16-7-2-4-9-18(16)19/h1-4,6-9,14,19H,5,10-13H2,(H,25,31)(H,26,28)(H,29,30). The predicted molar refractivity (Wildman–Crippen MR) is 118 cm³/mol. The van der Waals surface area contributed by atoms with E-state index in [9.17, 15) is 14.4 Å². The zero-order chi connectivity index (χ0) is 23.2. The van der Waals surface area contributed by atoms with E-state index in [0.29, 0.717) is 6.42 Å². The van der Waals surface area contributed by atoms with Gasteiger partial charge in [0.25, 0.3) is 0 Å². The number of nitrogens with one attached hydrogen (secondary N) is 2. The van der Waals surface area contributed by atoms with Crippen molar-refractivity contribution in [2.75, 3.05) is 13.2 Å². The number of carboxylic acid groups (broad SMARTS) is 1. The molecule has 9 heteroatoms. The smallest absolute Gasteiger partial charge is 0.407 e. The van der Waals surface area contributed by atoms with Gasteiger partial charge in [0.15, 0.2) is 17.8 Å². The summed E-state index contributed by atoms with van der Waals surface area (Å²) in [4.78, 5) is 38.6. The lowest BCUT2D eigenvalue weighted by molar-refractivity contribution is -0.121. The zero-order valence-corrected chi connectivity index (χ0v) is 17.7. The molecule has 4 rings (SSSR count). The third-order valence-corrected chi connectivity index (χ3v) is 5.48. The highest BCUT2D eigenvalue weighted by atomic mass is 16.5. The van der Waals surface area contributed by atoms with Crippen molar-refractivity contribution in [3.05, 3.63) is 77.5 Å². The number of amides is 2. The summed E-state index contributed by atoms with van der Waals surface area (Å²) in [6.45, 7) is 0.427. The van der Waals surface area contributed by atoms with Gasteiger partial charge in [-0.1, -0.05) is 48.5 Å². The fourth-order valence-electron chi connectivity index (χ4n) is 3.93. The number of carbonyl (C=O) groups is 3. The van der Waals surface area contributed by atoms with E-state index in [4.69, 9.17) is 14.3 Å². The van der Waals surface area contributed by atoms with Crippen molar-refractivity contribution in [1.29, 1.82) is 0 Å². The van der Waals surface area contributed by atoms with Gasteiger partial charge in [-0.3, -0.25) is 4.79 Å². The minimum absolute atomic E-state index is 0.0132. The van der Waals surface area contributed by atoms with Crippen molar-refractivity contribution in [3.63, 3.8) is 0 Å². The number of oxazole rings is 1. The summed E-state index contributed by atoms with van der Waals surface area (Å²) >= 11 is 0. The summed E-state index contributed by atoms with van der Waals surface area (Å²) in [6, 6.07) is 16.2. The van der Waals surface area contributed by atoms with Gasteiger partial charge in [-0.25, -0.2) is 14.6 Å². The van der Waals surface area contributed by atoms with Crippen molar-refractivity contribution in [2.45, 2.75) is 25.3 Å². The molecular weight excluding hydrogens is 426 g/mol. The maximum absolute atomic E-state index is 12.1. The zero-order valence-electron chi connectivity index (χ0n) is 17.7. The number of hydrogen-bond donors (Lipinski definition) is 3. The molecule has 2 aromatic carbocycles. The number of alkyl carbamates (subject to hydrolysis) is 1. The lowest BCUT2D eigenvalue weighted by atomic mass is 9.98. The molecule has 0 saturated carbocycles. The molecule has 9 nitrogen and oxygen atoms in total. The second-order valence-corrected chi connectivity index (χ2v) is 7.56. The van der Waals surface area contributed by atoms with E-state index >= 15 is 0 Å². The molecule has 0 spiro atoms. The Kier molecular flexibility index (Phi) is 6.68. The summed E-state index contributed by atoms with van der Waals surface area (Å²) in [5.74, 6) is -1.45. The first kappa shape index (κ1) is 22.1. The van der Waals surface area contributed by atoms with Crippen molar-refractivity contribution in [2.24, 2.45) is 0 Å². The van der Waals surface area contributed by atoms with Crippen LogP contribution in [0.3, 0.4) is 0 Å². The Bertz CT molecular complexity index is 1130. The average Bonchev–Trinajstić information content (AvgIpc) is 3.42. The van der Waals surface area contributed by atoms with Gasteiger partial charge in [-0.2, -0.15) is 0 Å². The Hall–Kier alpha value is -4.14. The molecule has 0 atom stereocenters. The van der Waals surface area contributed by atoms with Crippen LogP contribution in [0.5, 0.6) is 0 Å². The van der Waals surface area contributed by atoms with E-state index < -0.39 is 12.1 Å². The number of benzene rings is 2. The van der Waals surface area contributed by atoms with E-state index in [1.165, 1.54) is 0 Å². The molecule has 0 radical (unpaired) electrons. The molecule has 1 aliphatic rings. The summed E-state index contributed by atoms with van der Waals surface area (Å²) in [7, 11) is 0. The summed E-state index contributed by atoms with van der Waals surface area (Å²) in [5, 5.41) is 14.2. The van der Waals surface area contributed by atoms with Gasteiger partial charge in [-0.05, 0) is 28.7 Å². The third kappa shape index (κ3) is 5.03. The second-order valence-electron chi connectivity index (χ2n) is 7.56. The maximum Gasteiger partial charge on any atom is 0.407 e. The Morgan fingerprint density at radius 3 is 2.33 bits per heavy atom. The number of aromatic nitrogens is 1. The van der Waals surface area contributed by atoms with Gasteiger partial charge in [0, 0.05) is 18.9 Å². The minimum Gasteiger partial charge on any atom is -0.476 e. The highest BCUT2D eigenvalue weighted by Gasteiger charge is 2.28. The van der Waals surface area contributed by atoms with Crippen LogP contribution in [0.4, 0.5) is 4.79 Å². The quantitative estimate of drug-likeness (QED) is 0.427. The molecule has 0 bridgehead atoms. The highest BCUT2D eigenvalue weighted by Crippen LogP contribution is 2.44. The molecule has 33 heavy (non-hydrogen) atoms. The van der Waals surface area contributed by atoms with Crippen LogP contribution < -0.4 is 10.6 Å². The monoisotopic (exact) mass is 449 g/mol. The summed E-state index contributed by atoms with van der Waals surface area (Å²) in [6.07, 6.45) is 1.03. The molecule has 1 heterocycles. The molecule has 0 saturated heterocycles. The predicted octanol–water partition coefficient (Wildman–Crippen LogP) is 3.31. The van der Waals surface area contributed by atoms with Crippen LogP contribution in [0.15, 0.2) is 59.3 Å². The number of nitrogens with zero attached hydrogens (tertiary/aromatic N) is 1. The molecule has 1 aromatic heterocycles. The number of hydrogen-bond acceptors (Lipinski definition) is 6. The first-order chi connectivity index (χ1) is 16.0. The van der Waals surface area contributed by atoms with Crippen LogP contribution >= 0.6 is 0 Å². The van der Waals surface area contributed by atoms with Gasteiger partial charge >= 0.3 is 12.1 Å². The maximum atomic E-state index is 12.1. The van der Waals surface area contributed by atoms with E-state index in [0.717, 1.165) is 28.6 Å². The number of fused-ring (bicyclic) bond motifs is 3. The summed E-state index contributed by atoms with van der Waals surface area (Å²) < 4.78 is 10.4. The largest absolute Gasteiger partial charge is 0.476 e. The number of carboxylic acids is 1. The average molecular weight is 449 g/mol. The molecule has 0 unspecified atom stereocenters. The molecule has 2 amide bonds. The number of rotatable bonds is 9. The van der Waals surface area contributed by atoms with Crippen LogP contribution in [-0.2, 0) is 16.1 Å². The van der Waals surface area contributed by atoms with Crippen LogP contribution in [0.25, 0.3) is 11.1 Å². The Labute approximate surface area is 189 Å². The van der Waals surface area contributed by atoms with Crippen molar-refractivity contribution < 1.29 is 28.6 Å². The van der Waals surface area contributed by atoms with Crippen molar-refractivity contribution in [3.8, 4) is 11.1 Å². The van der Waals surface area contributed by atoms with Crippen molar-refractivity contribution in [1.82, 2.24) is 15.6 Å². The van der Waals surface area contributed by atoms with Gasteiger partial charge < -0.3 is 24.9 Å². The normalized spacial score (nSPS) is 12.0. The second kappa shape index (κ2) is 9.99. The van der Waals surface area contributed by atoms with E-state index in [1.54, 1.807) is 0 Å². The Morgan fingerprint density at radius 2 is 1.67 bits per heavy atom. The SMILES string of the molecule is O=C(CCCNC(=O)OCC1c2ccccc2-c2ccccc21)NCc1ocnc1C(=O)O. The van der Waals surface area contributed by atoms with Crippen LogP contribution in [0.1, 0.15) is 46.1 Å². The molecule has 3 aromatic rings. The fourth-order valence-corrected chi connectivity index (χ4v) is 3.93. The minimum atomic E-state index is -1.22. The molecular formula is C24H23N3O6. The van der Waals surface area contributed by atoms with Gasteiger partial charge in [-0.15, -0.1) is 0 Å².